The molecule has 0 saturated heterocycles. The summed E-state index contributed by atoms with van der Waals surface area (Å²) in [6.07, 6.45) is 1.44. The van der Waals surface area contributed by atoms with Gasteiger partial charge in [-0.05, 0) is 48.1 Å². The Kier molecular flexibility index (Phi) is 5.08. The summed E-state index contributed by atoms with van der Waals surface area (Å²) in [7, 11) is 1.48. The molecule has 128 valence electrons. The van der Waals surface area contributed by atoms with Crippen molar-refractivity contribution in [2.24, 2.45) is 5.10 Å². The molecule has 0 atom stereocenters. The maximum absolute atomic E-state index is 12.2. The molecule has 1 heterocycles. The number of aromatic nitrogens is 2. The van der Waals surface area contributed by atoms with Gasteiger partial charge < -0.3 is 14.7 Å². The van der Waals surface area contributed by atoms with Crippen molar-refractivity contribution in [1.82, 2.24) is 15.4 Å². The second-order valence-corrected chi connectivity index (χ2v) is 6.28. The Bertz CT molecular complexity index is 1020. The number of carbonyl (C=O) groups is 1. The van der Waals surface area contributed by atoms with Crippen LogP contribution in [-0.4, -0.2) is 29.2 Å². The minimum Gasteiger partial charge on any atom is -0.494 e. The number of fused-ring (bicyclic) bond motifs is 1. The number of amides is 1. The largest absolute Gasteiger partial charge is 0.494 e. The van der Waals surface area contributed by atoms with E-state index < -0.39 is 0 Å². The molecule has 0 aliphatic carbocycles. The highest BCUT2D eigenvalue weighted by atomic mass is 35.5. The van der Waals surface area contributed by atoms with Gasteiger partial charge in [0.2, 0.25) is 0 Å². The Labute approximate surface area is 157 Å². The lowest BCUT2D eigenvalue weighted by Crippen LogP contribution is -2.17. The van der Waals surface area contributed by atoms with Crippen LogP contribution in [0, 0.1) is 4.77 Å². The Balaban J connectivity index is 1.74. The summed E-state index contributed by atoms with van der Waals surface area (Å²) in [4.78, 5) is 18.1. The van der Waals surface area contributed by atoms with Crippen LogP contribution >= 0.6 is 35.4 Å². The van der Waals surface area contributed by atoms with E-state index in [0.717, 1.165) is 11.0 Å². The molecule has 0 aliphatic rings. The Hall–Kier alpha value is -2.35. The number of benzene rings is 2. The van der Waals surface area contributed by atoms with Crippen molar-refractivity contribution in [3.8, 4) is 5.75 Å². The summed E-state index contributed by atoms with van der Waals surface area (Å²) < 4.78 is 5.58. The fourth-order valence-corrected chi connectivity index (χ4v) is 3.13. The van der Waals surface area contributed by atoms with Gasteiger partial charge in [0, 0.05) is 5.56 Å². The highest BCUT2D eigenvalue weighted by Gasteiger charge is 2.08. The zero-order chi connectivity index (χ0) is 18.0. The Morgan fingerprint density at radius 2 is 1.88 bits per heavy atom. The molecular formula is C16H12Cl2N4O2S. The van der Waals surface area contributed by atoms with E-state index in [1.165, 1.54) is 13.3 Å². The molecule has 3 N–H and O–H groups in total. The van der Waals surface area contributed by atoms with Crippen molar-refractivity contribution in [3.05, 3.63) is 56.3 Å². The van der Waals surface area contributed by atoms with Crippen LogP contribution in [0.3, 0.4) is 0 Å². The lowest BCUT2D eigenvalue weighted by Gasteiger charge is -2.06. The fraction of sp³-hybridized carbons (Fsp3) is 0.0625. The van der Waals surface area contributed by atoms with Gasteiger partial charge in [-0.15, -0.1) is 0 Å². The fourth-order valence-electron chi connectivity index (χ4n) is 2.25. The quantitative estimate of drug-likeness (QED) is 0.350. The summed E-state index contributed by atoms with van der Waals surface area (Å²) in [5, 5.41) is 4.63. The number of nitrogens with zero attached hydrogens (tertiary/aromatic N) is 1. The Morgan fingerprint density at radius 3 is 2.56 bits per heavy atom. The summed E-state index contributed by atoms with van der Waals surface area (Å²) in [6.45, 7) is 0. The van der Waals surface area contributed by atoms with Crippen LogP contribution in [0.5, 0.6) is 5.75 Å². The van der Waals surface area contributed by atoms with E-state index in [4.69, 9.17) is 40.2 Å². The predicted molar refractivity (Wildman–Crippen MR) is 102 cm³/mol. The van der Waals surface area contributed by atoms with Crippen LogP contribution in [0.15, 0.2) is 35.4 Å². The molecule has 0 radical (unpaired) electrons. The number of rotatable bonds is 4. The number of ether oxygens (including phenoxy) is 1. The monoisotopic (exact) mass is 394 g/mol. The molecule has 1 aromatic heterocycles. The molecule has 0 bridgehead atoms. The first-order chi connectivity index (χ1) is 12.0. The summed E-state index contributed by atoms with van der Waals surface area (Å²) >= 11 is 17.1. The van der Waals surface area contributed by atoms with E-state index in [1.54, 1.807) is 30.3 Å². The van der Waals surface area contributed by atoms with Gasteiger partial charge >= 0.3 is 0 Å². The van der Waals surface area contributed by atoms with Gasteiger partial charge in [0.25, 0.3) is 5.91 Å². The van der Waals surface area contributed by atoms with Crippen molar-refractivity contribution in [3.63, 3.8) is 0 Å². The molecule has 25 heavy (non-hydrogen) atoms. The average Bonchev–Trinajstić information content (AvgIpc) is 2.93. The summed E-state index contributed by atoms with van der Waals surface area (Å²) in [5.74, 6) is 0.0334. The molecule has 0 unspecified atom stereocenters. The summed E-state index contributed by atoms with van der Waals surface area (Å²) in [5.41, 5.74) is 5.09. The molecule has 0 saturated carbocycles. The number of H-pyrrole nitrogens is 2. The van der Waals surface area contributed by atoms with E-state index >= 15 is 0 Å². The topological polar surface area (TPSA) is 82.3 Å². The molecule has 3 rings (SSSR count). The van der Waals surface area contributed by atoms with E-state index in [2.05, 4.69) is 20.5 Å². The van der Waals surface area contributed by atoms with Crippen LogP contribution in [0.25, 0.3) is 11.0 Å². The maximum atomic E-state index is 12.2. The minimum absolute atomic E-state index is 0.357. The normalized spacial score (nSPS) is 11.2. The van der Waals surface area contributed by atoms with Crippen molar-refractivity contribution in [2.75, 3.05) is 7.11 Å². The zero-order valence-electron chi connectivity index (χ0n) is 12.9. The van der Waals surface area contributed by atoms with Crippen molar-refractivity contribution in [1.29, 1.82) is 0 Å². The van der Waals surface area contributed by atoms with Gasteiger partial charge in [-0.3, -0.25) is 4.79 Å². The SMILES string of the molecule is COc1c(Cl)cc(/C=N\NC(=O)c2ccc3[nH]c(=S)[nH]c3c2)cc1Cl. The third kappa shape index (κ3) is 3.84. The standard InChI is InChI=1S/C16H12Cl2N4O2S/c1-24-14-10(17)4-8(5-11(14)18)7-19-22-15(23)9-2-3-12-13(6-9)21-16(25)20-12/h2-7H,1H3,(H,22,23)(H2,20,21,25)/b19-7-. The third-order valence-corrected chi connectivity index (χ3v) is 4.15. The smallest absolute Gasteiger partial charge is 0.271 e. The number of hydrazone groups is 1. The molecular weight excluding hydrogens is 383 g/mol. The number of imidazole rings is 1. The Morgan fingerprint density at radius 1 is 1.20 bits per heavy atom. The van der Waals surface area contributed by atoms with Crippen molar-refractivity contribution < 1.29 is 9.53 Å². The number of methoxy groups -OCH3 is 1. The number of hydrogen-bond acceptors (Lipinski definition) is 4. The first kappa shape index (κ1) is 17.5. The summed E-state index contributed by atoms with van der Waals surface area (Å²) in [6, 6.07) is 8.39. The molecule has 6 nitrogen and oxygen atoms in total. The molecule has 2 aromatic carbocycles. The zero-order valence-corrected chi connectivity index (χ0v) is 15.2. The van der Waals surface area contributed by atoms with Gasteiger partial charge in [-0.2, -0.15) is 5.10 Å². The van der Waals surface area contributed by atoms with Gasteiger partial charge in [-0.1, -0.05) is 23.2 Å². The minimum atomic E-state index is -0.357. The number of carbonyl (C=O) groups excluding carboxylic acids is 1. The molecule has 3 aromatic rings. The molecule has 0 fully saturated rings. The van der Waals surface area contributed by atoms with Gasteiger partial charge in [0.1, 0.15) is 0 Å². The molecule has 9 heteroatoms. The molecule has 0 spiro atoms. The highest BCUT2D eigenvalue weighted by molar-refractivity contribution is 7.71. The predicted octanol–water partition coefficient (Wildman–Crippen LogP) is 4.30. The van der Waals surface area contributed by atoms with Gasteiger partial charge in [0.05, 0.1) is 34.4 Å². The van der Waals surface area contributed by atoms with Crippen LogP contribution in [0.4, 0.5) is 0 Å². The van der Waals surface area contributed by atoms with E-state index in [-0.39, 0.29) is 5.91 Å². The second-order valence-electron chi connectivity index (χ2n) is 5.06. The van der Waals surface area contributed by atoms with Crippen molar-refractivity contribution in [2.45, 2.75) is 0 Å². The third-order valence-electron chi connectivity index (χ3n) is 3.38. The van der Waals surface area contributed by atoms with Crippen LogP contribution < -0.4 is 10.2 Å². The lowest BCUT2D eigenvalue weighted by molar-refractivity contribution is 0.0955. The second kappa shape index (κ2) is 7.26. The van der Waals surface area contributed by atoms with Gasteiger partial charge in [-0.25, -0.2) is 5.43 Å². The highest BCUT2D eigenvalue weighted by Crippen LogP contribution is 2.33. The average molecular weight is 395 g/mol. The first-order valence-electron chi connectivity index (χ1n) is 7.06. The molecule has 0 aliphatic heterocycles. The number of nitrogens with one attached hydrogen (secondary N) is 3. The number of aromatic amines is 2. The van der Waals surface area contributed by atoms with Crippen LogP contribution in [-0.2, 0) is 0 Å². The van der Waals surface area contributed by atoms with Gasteiger partial charge in [0.15, 0.2) is 10.5 Å². The van der Waals surface area contributed by atoms with Crippen LogP contribution in [0.1, 0.15) is 15.9 Å². The van der Waals surface area contributed by atoms with Crippen LogP contribution in [0.2, 0.25) is 10.0 Å². The van der Waals surface area contributed by atoms with E-state index in [9.17, 15) is 4.79 Å². The first-order valence-corrected chi connectivity index (χ1v) is 8.23. The molecule has 1 amide bonds. The lowest BCUT2D eigenvalue weighted by atomic mass is 10.2. The number of halogens is 2. The number of hydrogen-bond donors (Lipinski definition) is 3. The van der Waals surface area contributed by atoms with E-state index in [0.29, 0.717) is 31.7 Å². The van der Waals surface area contributed by atoms with Crippen molar-refractivity contribution >= 4 is 58.6 Å². The maximum Gasteiger partial charge on any atom is 0.271 e. The van der Waals surface area contributed by atoms with E-state index in [1.807, 2.05) is 0 Å².